The van der Waals surface area contributed by atoms with E-state index in [1.165, 1.54) is 10.4 Å². The summed E-state index contributed by atoms with van der Waals surface area (Å²) in [6.07, 6.45) is 1.57. The topological polar surface area (TPSA) is 61.3 Å². The van der Waals surface area contributed by atoms with Gasteiger partial charge in [-0.3, -0.25) is 0 Å². The van der Waals surface area contributed by atoms with Crippen LogP contribution in [-0.2, 0) is 0 Å². The molecule has 6 heteroatoms. The van der Waals surface area contributed by atoms with Crippen LogP contribution >= 0.6 is 11.3 Å². The van der Waals surface area contributed by atoms with Crippen molar-refractivity contribution in [1.29, 1.82) is 0 Å². The molecule has 0 bridgehead atoms. The summed E-state index contributed by atoms with van der Waals surface area (Å²) in [5.74, 6) is 0.802. The lowest BCUT2D eigenvalue weighted by Gasteiger charge is -2.27. The van der Waals surface area contributed by atoms with Crippen LogP contribution in [0.5, 0.6) is 0 Å². The van der Waals surface area contributed by atoms with E-state index in [1.54, 1.807) is 17.7 Å². The van der Waals surface area contributed by atoms with Crippen molar-refractivity contribution >= 4 is 27.4 Å². The van der Waals surface area contributed by atoms with Crippen molar-refractivity contribution in [2.24, 2.45) is 0 Å². The highest BCUT2D eigenvalue weighted by Gasteiger charge is 2.22. The molecule has 0 saturated heterocycles. The highest BCUT2D eigenvalue weighted by atomic mass is 32.1. The number of anilines is 1. The molecule has 0 aliphatic carbocycles. The lowest BCUT2D eigenvalue weighted by atomic mass is 10.1. The number of rotatable bonds is 5. The van der Waals surface area contributed by atoms with Crippen molar-refractivity contribution in [2.75, 3.05) is 32.5 Å². The Morgan fingerprint density at radius 2 is 2.05 bits per heavy atom. The third-order valence-corrected chi connectivity index (χ3v) is 4.37. The fourth-order valence-electron chi connectivity index (χ4n) is 2.33. The van der Waals surface area contributed by atoms with Gasteiger partial charge in [0.15, 0.2) is 0 Å². The number of likely N-dealkylation sites (N-methyl/N-ethyl adjacent to an activating group) is 1. The monoisotopic (exact) mass is 294 g/mol. The van der Waals surface area contributed by atoms with Gasteiger partial charge in [0.2, 0.25) is 0 Å². The van der Waals surface area contributed by atoms with Gasteiger partial charge < -0.3 is 15.3 Å². The van der Waals surface area contributed by atoms with Crippen LogP contribution in [0, 0.1) is 13.8 Å². The SMILES string of the molecule is Cc1sc2ncnc(NCC(C)(O)CN(C)C)c2c1C. The molecule has 0 radical (unpaired) electrons. The molecule has 0 amide bonds. The molecule has 1 unspecified atom stereocenters. The van der Waals surface area contributed by atoms with E-state index >= 15 is 0 Å². The van der Waals surface area contributed by atoms with E-state index in [4.69, 9.17) is 0 Å². The minimum Gasteiger partial charge on any atom is -0.387 e. The number of nitrogens with one attached hydrogen (secondary N) is 1. The number of aryl methyl sites for hydroxylation is 2. The lowest BCUT2D eigenvalue weighted by molar-refractivity contribution is 0.0459. The van der Waals surface area contributed by atoms with Gasteiger partial charge in [0.1, 0.15) is 17.0 Å². The summed E-state index contributed by atoms with van der Waals surface area (Å²) in [7, 11) is 3.90. The molecule has 110 valence electrons. The molecule has 0 aliphatic rings. The number of fused-ring (bicyclic) bond motifs is 1. The van der Waals surface area contributed by atoms with Crippen molar-refractivity contribution in [3.8, 4) is 0 Å². The summed E-state index contributed by atoms with van der Waals surface area (Å²) in [5.41, 5.74) is 0.403. The third kappa shape index (κ3) is 3.26. The van der Waals surface area contributed by atoms with Crippen molar-refractivity contribution < 1.29 is 5.11 Å². The Morgan fingerprint density at radius 1 is 1.35 bits per heavy atom. The highest BCUT2D eigenvalue weighted by Crippen LogP contribution is 2.32. The average Bonchev–Trinajstić information content (AvgIpc) is 2.62. The summed E-state index contributed by atoms with van der Waals surface area (Å²) < 4.78 is 0. The highest BCUT2D eigenvalue weighted by molar-refractivity contribution is 7.18. The zero-order chi connectivity index (χ0) is 14.9. The van der Waals surface area contributed by atoms with Crippen molar-refractivity contribution in [3.05, 3.63) is 16.8 Å². The van der Waals surface area contributed by atoms with Crippen LogP contribution in [0.4, 0.5) is 5.82 Å². The maximum absolute atomic E-state index is 10.3. The van der Waals surface area contributed by atoms with E-state index in [0.717, 1.165) is 16.0 Å². The predicted molar refractivity (Wildman–Crippen MR) is 84.6 cm³/mol. The summed E-state index contributed by atoms with van der Waals surface area (Å²) in [6.45, 7) is 7.04. The van der Waals surface area contributed by atoms with Crippen LogP contribution in [0.25, 0.3) is 10.2 Å². The molecule has 0 spiro atoms. The van der Waals surface area contributed by atoms with Gasteiger partial charge in [-0.1, -0.05) is 0 Å². The average molecular weight is 294 g/mol. The van der Waals surface area contributed by atoms with E-state index in [1.807, 2.05) is 25.9 Å². The molecule has 0 aliphatic heterocycles. The maximum Gasteiger partial charge on any atom is 0.138 e. The first-order chi connectivity index (χ1) is 9.30. The van der Waals surface area contributed by atoms with Crippen LogP contribution < -0.4 is 5.32 Å². The number of hydrogen-bond acceptors (Lipinski definition) is 6. The van der Waals surface area contributed by atoms with E-state index in [9.17, 15) is 5.11 Å². The van der Waals surface area contributed by atoms with E-state index < -0.39 is 5.60 Å². The summed E-state index contributed by atoms with van der Waals surface area (Å²) in [6, 6.07) is 0. The first-order valence-corrected chi connectivity index (χ1v) is 7.43. The van der Waals surface area contributed by atoms with Crippen LogP contribution in [0.15, 0.2) is 6.33 Å². The Kier molecular flexibility index (Phi) is 4.27. The molecular formula is C14H22N4OS. The largest absolute Gasteiger partial charge is 0.387 e. The zero-order valence-corrected chi connectivity index (χ0v) is 13.5. The Morgan fingerprint density at radius 3 is 2.70 bits per heavy atom. The minimum atomic E-state index is -0.806. The number of thiophene rings is 1. The Balaban J connectivity index is 2.22. The van der Waals surface area contributed by atoms with Gasteiger partial charge >= 0.3 is 0 Å². The van der Waals surface area contributed by atoms with Gasteiger partial charge in [-0.05, 0) is 40.4 Å². The molecule has 0 aromatic carbocycles. The van der Waals surface area contributed by atoms with E-state index in [2.05, 4.69) is 29.1 Å². The molecule has 0 saturated carbocycles. The molecule has 2 heterocycles. The van der Waals surface area contributed by atoms with Gasteiger partial charge in [0.25, 0.3) is 0 Å². The lowest BCUT2D eigenvalue weighted by Crippen LogP contribution is -2.43. The van der Waals surface area contributed by atoms with Crippen LogP contribution in [0.2, 0.25) is 0 Å². The third-order valence-electron chi connectivity index (χ3n) is 3.26. The molecule has 2 N–H and O–H groups in total. The number of nitrogens with zero attached hydrogens (tertiary/aromatic N) is 3. The molecule has 5 nitrogen and oxygen atoms in total. The maximum atomic E-state index is 10.3. The normalized spacial score (nSPS) is 14.8. The van der Waals surface area contributed by atoms with Crippen molar-refractivity contribution in [2.45, 2.75) is 26.4 Å². The minimum absolute atomic E-state index is 0.450. The van der Waals surface area contributed by atoms with Crippen molar-refractivity contribution in [3.63, 3.8) is 0 Å². The smallest absolute Gasteiger partial charge is 0.138 e. The Bertz CT molecular complexity index is 606. The molecule has 2 aromatic heterocycles. The summed E-state index contributed by atoms with van der Waals surface area (Å²) in [4.78, 5) is 12.8. The molecular weight excluding hydrogens is 272 g/mol. The van der Waals surface area contributed by atoms with E-state index in [0.29, 0.717) is 13.1 Å². The van der Waals surface area contributed by atoms with Crippen LogP contribution in [0.3, 0.4) is 0 Å². The summed E-state index contributed by atoms with van der Waals surface area (Å²) in [5, 5.41) is 14.7. The van der Waals surface area contributed by atoms with Gasteiger partial charge in [-0.2, -0.15) is 0 Å². The first kappa shape index (κ1) is 15.2. The molecule has 2 rings (SSSR count). The van der Waals surface area contributed by atoms with Gasteiger partial charge in [-0.15, -0.1) is 11.3 Å². The predicted octanol–water partition coefficient (Wildman–Crippen LogP) is 2.03. The van der Waals surface area contributed by atoms with Gasteiger partial charge in [-0.25, -0.2) is 9.97 Å². The van der Waals surface area contributed by atoms with Gasteiger partial charge in [0, 0.05) is 18.0 Å². The second-order valence-corrected chi connectivity index (χ2v) is 6.98. The zero-order valence-electron chi connectivity index (χ0n) is 12.7. The van der Waals surface area contributed by atoms with Crippen molar-refractivity contribution in [1.82, 2.24) is 14.9 Å². The second-order valence-electron chi connectivity index (χ2n) is 5.77. The fourth-order valence-corrected chi connectivity index (χ4v) is 3.32. The first-order valence-electron chi connectivity index (χ1n) is 6.62. The molecule has 0 fully saturated rings. The standard InChI is InChI=1S/C14H22N4OS/c1-9-10(2)20-13-11(9)12(16-8-17-13)15-6-14(3,19)7-18(4)5/h8,19H,6-7H2,1-5H3,(H,15,16,17). The Labute approximate surface area is 123 Å². The number of aromatic nitrogens is 2. The number of hydrogen-bond donors (Lipinski definition) is 2. The van der Waals surface area contributed by atoms with Gasteiger partial charge in [0.05, 0.1) is 11.0 Å². The number of aliphatic hydroxyl groups is 1. The molecule has 20 heavy (non-hydrogen) atoms. The van der Waals surface area contributed by atoms with E-state index in [-0.39, 0.29) is 0 Å². The Hall–Kier alpha value is -1.24. The fraction of sp³-hybridized carbons (Fsp3) is 0.571. The molecule has 2 aromatic rings. The van der Waals surface area contributed by atoms with Crippen LogP contribution in [0.1, 0.15) is 17.4 Å². The summed E-state index contributed by atoms with van der Waals surface area (Å²) >= 11 is 1.68. The quantitative estimate of drug-likeness (QED) is 0.883. The molecule has 1 atom stereocenters. The second kappa shape index (κ2) is 5.63. The van der Waals surface area contributed by atoms with Crippen LogP contribution in [-0.4, -0.2) is 52.8 Å².